The average Bonchev–Trinajstić information content (AvgIpc) is 2.13. The SMILES string of the molecule is CC(C)OCC(O)[N+]1(C)CCOC(=O)C1. The van der Waals surface area contributed by atoms with E-state index in [0.29, 0.717) is 13.2 Å². The minimum atomic E-state index is -0.666. The summed E-state index contributed by atoms with van der Waals surface area (Å²) < 4.78 is 10.5. The van der Waals surface area contributed by atoms with Crippen molar-refractivity contribution in [3.63, 3.8) is 0 Å². The quantitative estimate of drug-likeness (QED) is 0.521. The minimum Gasteiger partial charge on any atom is -0.456 e. The molecule has 5 nitrogen and oxygen atoms in total. The van der Waals surface area contributed by atoms with Crippen LogP contribution in [-0.2, 0) is 14.3 Å². The van der Waals surface area contributed by atoms with Gasteiger partial charge < -0.3 is 14.6 Å². The summed E-state index contributed by atoms with van der Waals surface area (Å²) in [6.45, 7) is 5.29. The summed E-state index contributed by atoms with van der Waals surface area (Å²) in [6.07, 6.45) is -0.580. The van der Waals surface area contributed by atoms with Gasteiger partial charge in [-0.15, -0.1) is 0 Å². The molecule has 5 heteroatoms. The van der Waals surface area contributed by atoms with E-state index in [1.807, 2.05) is 20.9 Å². The molecule has 88 valence electrons. The van der Waals surface area contributed by atoms with E-state index in [4.69, 9.17) is 9.47 Å². The molecule has 0 amide bonds. The highest BCUT2D eigenvalue weighted by Gasteiger charge is 2.37. The van der Waals surface area contributed by atoms with E-state index >= 15 is 0 Å². The molecule has 2 unspecified atom stereocenters. The summed E-state index contributed by atoms with van der Waals surface area (Å²) in [5.74, 6) is -0.257. The van der Waals surface area contributed by atoms with Crippen LogP contribution >= 0.6 is 0 Å². The summed E-state index contributed by atoms with van der Waals surface area (Å²) in [6, 6.07) is 0. The number of hydrogen-bond acceptors (Lipinski definition) is 4. The first-order chi connectivity index (χ1) is 6.94. The Kier molecular flexibility index (Phi) is 4.07. The van der Waals surface area contributed by atoms with Gasteiger partial charge in [-0.3, -0.25) is 4.48 Å². The predicted octanol–water partition coefficient (Wildman–Crippen LogP) is -0.267. The van der Waals surface area contributed by atoms with Gasteiger partial charge in [0, 0.05) is 0 Å². The van der Waals surface area contributed by atoms with Gasteiger partial charge in [0.1, 0.15) is 19.8 Å². The van der Waals surface area contributed by atoms with Crippen LogP contribution in [0.1, 0.15) is 13.8 Å². The van der Waals surface area contributed by atoms with E-state index in [1.54, 1.807) is 0 Å². The zero-order chi connectivity index (χ0) is 11.5. The molecule has 2 atom stereocenters. The Bertz CT molecular complexity index is 231. The first-order valence-corrected chi connectivity index (χ1v) is 5.23. The molecular weight excluding hydrogens is 198 g/mol. The molecule has 1 N–H and O–H groups in total. The largest absolute Gasteiger partial charge is 0.456 e. The lowest BCUT2D eigenvalue weighted by Crippen LogP contribution is -2.61. The van der Waals surface area contributed by atoms with Gasteiger partial charge >= 0.3 is 5.97 Å². The van der Waals surface area contributed by atoms with Crippen LogP contribution in [0, 0.1) is 0 Å². The molecule has 0 bridgehead atoms. The van der Waals surface area contributed by atoms with Crippen LogP contribution in [0.25, 0.3) is 0 Å². The number of ether oxygens (including phenoxy) is 2. The van der Waals surface area contributed by atoms with Gasteiger partial charge in [-0.2, -0.15) is 0 Å². The molecule has 1 heterocycles. The zero-order valence-electron chi connectivity index (χ0n) is 9.60. The van der Waals surface area contributed by atoms with Crippen LogP contribution in [0.2, 0.25) is 0 Å². The Hall–Kier alpha value is -0.650. The lowest BCUT2D eigenvalue weighted by molar-refractivity contribution is -0.952. The van der Waals surface area contributed by atoms with Crippen LogP contribution in [-0.4, -0.2) is 61.2 Å². The maximum absolute atomic E-state index is 11.1. The third-order valence-electron chi connectivity index (χ3n) is 2.65. The van der Waals surface area contributed by atoms with E-state index in [-0.39, 0.29) is 29.7 Å². The van der Waals surface area contributed by atoms with E-state index in [0.717, 1.165) is 0 Å². The van der Waals surface area contributed by atoms with Crippen molar-refractivity contribution in [2.45, 2.75) is 26.2 Å². The number of aliphatic hydroxyl groups is 1. The number of likely N-dealkylation sites (N-methyl/N-ethyl adjacent to an activating group) is 1. The number of morpholine rings is 1. The van der Waals surface area contributed by atoms with Crippen molar-refractivity contribution in [2.75, 3.05) is 33.4 Å². The Morgan fingerprint density at radius 2 is 2.27 bits per heavy atom. The number of quaternary nitrogens is 1. The molecule has 1 fully saturated rings. The van der Waals surface area contributed by atoms with E-state index in [2.05, 4.69) is 0 Å². The number of cyclic esters (lactones) is 1. The van der Waals surface area contributed by atoms with Gasteiger partial charge in [-0.25, -0.2) is 4.79 Å². The van der Waals surface area contributed by atoms with Gasteiger partial charge in [0.15, 0.2) is 6.54 Å². The highest BCUT2D eigenvalue weighted by molar-refractivity contribution is 5.71. The van der Waals surface area contributed by atoms with E-state index in [9.17, 15) is 9.90 Å². The minimum absolute atomic E-state index is 0.0861. The van der Waals surface area contributed by atoms with Gasteiger partial charge in [0.25, 0.3) is 0 Å². The summed E-state index contributed by atoms with van der Waals surface area (Å²) >= 11 is 0. The number of esters is 1. The molecule has 0 radical (unpaired) electrons. The predicted molar refractivity (Wildman–Crippen MR) is 54.0 cm³/mol. The van der Waals surface area contributed by atoms with E-state index < -0.39 is 6.23 Å². The molecule has 1 saturated heterocycles. The fourth-order valence-electron chi connectivity index (χ4n) is 1.50. The van der Waals surface area contributed by atoms with E-state index in [1.165, 1.54) is 0 Å². The summed E-state index contributed by atoms with van der Waals surface area (Å²) in [5, 5.41) is 9.94. The van der Waals surface area contributed by atoms with Crippen LogP contribution in [0.3, 0.4) is 0 Å². The second kappa shape index (κ2) is 4.92. The second-order valence-electron chi connectivity index (χ2n) is 4.44. The summed E-state index contributed by atoms with van der Waals surface area (Å²) in [7, 11) is 1.84. The van der Waals surface area contributed by atoms with Crippen molar-refractivity contribution in [3.05, 3.63) is 0 Å². The molecule has 1 aliphatic heterocycles. The second-order valence-corrected chi connectivity index (χ2v) is 4.44. The van der Waals surface area contributed by atoms with Crippen LogP contribution < -0.4 is 0 Å². The Morgan fingerprint density at radius 3 is 2.80 bits per heavy atom. The summed E-state index contributed by atoms with van der Waals surface area (Å²) in [5.41, 5.74) is 0. The highest BCUT2D eigenvalue weighted by Crippen LogP contribution is 2.13. The molecule has 0 aromatic carbocycles. The van der Waals surface area contributed by atoms with Crippen LogP contribution in [0.5, 0.6) is 0 Å². The number of aliphatic hydroxyl groups excluding tert-OH is 1. The third-order valence-corrected chi connectivity index (χ3v) is 2.65. The number of carbonyl (C=O) groups is 1. The van der Waals surface area contributed by atoms with Crippen molar-refractivity contribution in [3.8, 4) is 0 Å². The molecular formula is C10H20NO4+. The molecule has 1 aliphatic rings. The topological polar surface area (TPSA) is 55.8 Å². The first-order valence-electron chi connectivity index (χ1n) is 5.23. The summed E-state index contributed by atoms with van der Waals surface area (Å²) in [4.78, 5) is 11.1. The lowest BCUT2D eigenvalue weighted by atomic mass is 10.3. The van der Waals surface area contributed by atoms with Crippen molar-refractivity contribution < 1.29 is 23.9 Å². The Balaban J connectivity index is 2.48. The molecule has 0 aliphatic carbocycles. The van der Waals surface area contributed by atoms with Crippen molar-refractivity contribution in [1.29, 1.82) is 0 Å². The molecule has 1 rings (SSSR count). The standard InChI is InChI=1S/C10H20NO4/c1-8(2)15-7-9(12)11(3)4-5-14-10(13)6-11/h8-9,12H,4-7H2,1-3H3/q+1. The molecule has 15 heavy (non-hydrogen) atoms. The molecule has 0 saturated carbocycles. The lowest BCUT2D eigenvalue weighted by Gasteiger charge is -2.39. The number of carbonyl (C=O) groups excluding carboxylic acids is 1. The molecule has 0 aromatic rings. The third kappa shape index (κ3) is 3.44. The van der Waals surface area contributed by atoms with Crippen LogP contribution in [0.4, 0.5) is 0 Å². The Labute approximate surface area is 90.2 Å². The number of nitrogens with zero attached hydrogens (tertiary/aromatic N) is 1. The first kappa shape index (κ1) is 12.4. The Morgan fingerprint density at radius 1 is 1.60 bits per heavy atom. The smallest absolute Gasteiger partial charge is 0.362 e. The molecule has 0 aromatic heterocycles. The number of rotatable bonds is 4. The van der Waals surface area contributed by atoms with Gasteiger partial charge in [-0.05, 0) is 13.8 Å². The maximum atomic E-state index is 11.1. The monoisotopic (exact) mass is 218 g/mol. The normalized spacial score (nSPS) is 29.0. The molecule has 0 spiro atoms. The fraction of sp³-hybridized carbons (Fsp3) is 0.900. The number of hydrogen-bond donors (Lipinski definition) is 1. The van der Waals surface area contributed by atoms with Crippen molar-refractivity contribution >= 4 is 5.97 Å². The van der Waals surface area contributed by atoms with Gasteiger partial charge in [-0.1, -0.05) is 0 Å². The van der Waals surface area contributed by atoms with Gasteiger partial charge in [0.2, 0.25) is 6.23 Å². The van der Waals surface area contributed by atoms with Crippen molar-refractivity contribution in [2.24, 2.45) is 0 Å². The van der Waals surface area contributed by atoms with Crippen LogP contribution in [0.15, 0.2) is 0 Å². The fourth-order valence-corrected chi connectivity index (χ4v) is 1.50. The van der Waals surface area contributed by atoms with Gasteiger partial charge in [0.05, 0.1) is 13.2 Å². The maximum Gasteiger partial charge on any atom is 0.362 e. The highest BCUT2D eigenvalue weighted by atomic mass is 16.5. The average molecular weight is 218 g/mol. The zero-order valence-corrected chi connectivity index (χ0v) is 9.60. The van der Waals surface area contributed by atoms with Crippen molar-refractivity contribution in [1.82, 2.24) is 0 Å².